The van der Waals surface area contributed by atoms with Crippen LogP contribution in [0.15, 0.2) is 24.3 Å². The standard InChI is InChI=1S/C10H13NO2.ClH/c1-11-7-9-4-2-8(3-5-9)6-10(12)13;/h2-5,11H,6-7H2,1H3,(H,12,13);1H. The zero-order valence-corrected chi connectivity index (χ0v) is 8.80. The van der Waals surface area contributed by atoms with E-state index in [0.29, 0.717) is 0 Å². The Labute approximate surface area is 89.5 Å². The van der Waals surface area contributed by atoms with Crippen LogP contribution in [0.4, 0.5) is 0 Å². The fourth-order valence-corrected chi connectivity index (χ4v) is 1.15. The number of aliphatic carboxylic acids is 1. The van der Waals surface area contributed by atoms with Crippen LogP contribution in [-0.4, -0.2) is 18.1 Å². The van der Waals surface area contributed by atoms with Crippen LogP contribution in [0.5, 0.6) is 0 Å². The van der Waals surface area contributed by atoms with Crippen molar-refractivity contribution in [2.75, 3.05) is 7.05 Å². The third-order valence-electron chi connectivity index (χ3n) is 1.76. The second-order valence-electron chi connectivity index (χ2n) is 2.92. The van der Waals surface area contributed by atoms with Crippen LogP contribution in [-0.2, 0) is 17.8 Å². The molecule has 0 aliphatic rings. The van der Waals surface area contributed by atoms with Gasteiger partial charge in [0.15, 0.2) is 0 Å². The van der Waals surface area contributed by atoms with Crippen molar-refractivity contribution in [2.45, 2.75) is 13.0 Å². The van der Waals surface area contributed by atoms with Crippen LogP contribution < -0.4 is 5.32 Å². The van der Waals surface area contributed by atoms with Crippen LogP contribution in [0.25, 0.3) is 0 Å². The van der Waals surface area contributed by atoms with Gasteiger partial charge in [0, 0.05) is 6.54 Å². The molecule has 0 fully saturated rings. The number of carboxylic acid groups (broad SMARTS) is 1. The van der Waals surface area contributed by atoms with Crippen LogP contribution >= 0.6 is 12.4 Å². The first-order chi connectivity index (χ1) is 6.22. The molecule has 0 spiro atoms. The van der Waals surface area contributed by atoms with E-state index in [1.165, 1.54) is 0 Å². The molecular weight excluding hydrogens is 202 g/mol. The third kappa shape index (κ3) is 4.25. The molecule has 0 aromatic heterocycles. The molecule has 14 heavy (non-hydrogen) atoms. The van der Waals surface area contributed by atoms with Crippen molar-refractivity contribution >= 4 is 18.4 Å². The summed E-state index contributed by atoms with van der Waals surface area (Å²) in [5.74, 6) is -0.790. The molecule has 0 atom stereocenters. The minimum Gasteiger partial charge on any atom is -0.481 e. The quantitative estimate of drug-likeness (QED) is 0.800. The number of carboxylic acids is 1. The molecule has 1 rings (SSSR count). The molecule has 1 aromatic carbocycles. The van der Waals surface area contributed by atoms with E-state index in [0.717, 1.165) is 17.7 Å². The van der Waals surface area contributed by atoms with Gasteiger partial charge in [0.25, 0.3) is 0 Å². The molecule has 0 radical (unpaired) electrons. The van der Waals surface area contributed by atoms with Gasteiger partial charge in [-0.1, -0.05) is 24.3 Å². The van der Waals surface area contributed by atoms with Gasteiger partial charge in [-0.3, -0.25) is 4.79 Å². The van der Waals surface area contributed by atoms with Crippen molar-refractivity contribution in [2.24, 2.45) is 0 Å². The Kier molecular flexibility index (Phi) is 5.92. The number of halogens is 1. The summed E-state index contributed by atoms with van der Waals surface area (Å²) in [4.78, 5) is 10.4. The monoisotopic (exact) mass is 215 g/mol. The fraction of sp³-hybridized carbons (Fsp3) is 0.300. The van der Waals surface area contributed by atoms with Crippen molar-refractivity contribution in [1.29, 1.82) is 0 Å². The van der Waals surface area contributed by atoms with E-state index in [1.54, 1.807) is 0 Å². The topological polar surface area (TPSA) is 49.3 Å². The summed E-state index contributed by atoms with van der Waals surface area (Å²) in [6, 6.07) is 7.57. The number of carbonyl (C=O) groups is 1. The normalized spacial score (nSPS) is 9.21. The van der Waals surface area contributed by atoms with E-state index in [2.05, 4.69) is 5.32 Å². The van der Waals surface area contributed by atoms with Gasteiger partial charge >= 0.3 is 5.97 Å². The molecule has 0 aliphatic heterocycles. The molecular formula is C10H14ClNO2. The Hall–Kier alpha value is -1.06. The van der Waals surface area contributed by atoms with Gasteiger partial charge in [0.2, 0.25) is 0 Å². The van der Waals surface area contributed by atoms with E-state index in [-0.39, 0.29) is 18.8 Å². The second-order valence-corrected chi connectivity index (χ2v) is 2.92. The van der Waals surface area contributed by atoms with Crippen LogP contribution in [0.2, 0.25) is 0 Å². The molecule has 0 heterocycles. The Bertz CT molecular complexity index is 285. The average Bonchev–Trinajstić information content (AvgIpc) is 2.08. The molecule has 4 heteroatoms. The van der Waals surface area contributed by atoms with Crippen molar-refractivity contribution in [1.82, 2.24) is 5.32 Å². The lowest BCUT2D eigenvalue weighted by Crippen LogP contribution is -2.05. The molecule has 0 aliphatic carbocycles. The zero-order valence-electron chi connectivity index (χ0n) is 7.99. The number of nitrogens with one attached hydrogen (secondary N) is 1. The second kappa shape index (κ2) is 6.40. The van der Waals surface area contributed by atoms with Crippen LogP contribution in [0, 0.1) is 0 Å². The van der Waals surface area contributed by atoms with Gasteiger partial charge in [-0.2, -0.15) is 0 Å². The lowest BCUT2D eigenvalue weighted by atomic mass is 10.1. The van der Waals surface area contributed by atoms with Gasteiger partial charge < -0.3 is 10.4 Å². The molecule has 0 saturated carbocycles. The number of hydrogen-bond donors (Lipinski definition) is 2. The van der Waals surface area contributed by atoms with Gasteiger partial charge in [-0.05, 0) is 18.2 Å². The third-order valence-corrected chi connectivity index (χ3v) is 1.76. The number of benzene rings is 1. The Morgan fingerprint density at radius 3 is 2.21 bits per heavy atom. The number of hydrogen-bond acceptors (Lipinski definition) is 2. The highest BCUT2D eigenvalue weighted by molar-refractivity contribution is 5.85. The van der Waals surface area contributed by atoms with E-state index in [9.17, 15) is 4.79 Å². The van der Waals surface area contributed by atoms with Gasteiger partial charge in [0.05, 0.1) is 6.42 Å². The average molecular weight is 216 g/mol. The van der Waals surface area contributed by atoms with Gasteiger partial charge in [-0.25, -0.2) is 0 Å². The Morgan fingerprint density at radius 1 is 1.29 bits per heavy atom. The van der Waals surface area contributed by atoms with Crippen LogP contribution in [0.3, 0.4) is 0 Å². The van der Waals surface area contributed by atoms with E-state index in [4.69, 9.17) is 5.11 Å². The summed E-state index contributed by atoms with van der Waals surface area (Å²) in [7, 11) is 1.88. The molecule has 78 valence electrons. The molecule has 0 bridgehead atoms. The molecule has 1 aromatic rings. The SMILES string of the molecule is CNCc1ccc(CC(=O)O)cc1.Cl. The summed E-state index contributed by atoms with van der Waals surface area (Å²) in [5, 5.41) is 11.6. The molecule has 3 nitrogen and oxygen atoms in total. The van der Waals surface area contributed by atoms with Crippen molar-refractivity contribution < 1.29 is 9.90 Å². The zero-order chi connectivity index (χ0) is 9.68. The lowest BCUT2D eigenvalue weighted by Gasteiger charge is -2.01. The fourth-order valence-electron chi connectivity index (χ4n) is 1.15. The first kappa shape index (κ1) is 12.9. The van der Waals surface area contributed by atoms with Crippen molar-refractivity contribution in [3.63, 3.8) is 0 Å². The summed E-state index contributed by atoms with van der Waals surface area (Å²) in [6.07, 6.45) is 0.0971. The summed E-state index contributed by atoms with van der Waals surface area (Å²) < 4.78 is 0. The van der Waals surface area contributed by atoms with Gasteiger partial charge in [-0.15, -0.1) is 12.4 Å². The number of rotatable bonds is 4. The summed E-state index contributed by atoms with van der Waals surface area (Å²) in [5.41, 5.74) is 2.00. The van der Waals surface area contributed by atoms with Gasteiger partial charge in [0.1, 0.15) is 0 Å². The van der Waals surface area contributed by atoms with Crippen molar-refractivity contribution in [3.05, 3.63) is 35.4 Å². The predicted octanol–water partition coefficient (Wildman–Crippen LogP) is 1.45. The highest BCUT2D eigenvalue weighted by Gasteiger charge is 1.99. The Balaban J connectivity index is 0.00000169. The first-order valence-electron chi connectivity index (χ1n) is 4.16. The van der Waals surface area contributed by atoms with Crippen LogP contribution in [0.1, 0.15) is 11.1 Å². The highest BCUT2D eigenvalue weighted by atomic mass is 35.5. The summed E-state index contributed by atoms with van der Waals surface area (Å²) in [6.45, 7) is 0.813. The minimum atomic E-state index is -0.790. The molecule has 0 saturated heterocycles. The van der Waals surface area contributed by atoms with Crippen molar-refractivity contribution in [3.8, 4) is 0 Å². The molecule has 2 N–H and O–H groups in total. The lowest BCUT2D eigenvalue weighted by molar-refractivity contribution is -0.136. The minimum absolute atomic E-state index is 0. The van der Waals surface area contributed by atoms with E-state index >= 15 is 0 Å². The smallest absolute Gasteiger partial charge is 0.307 e. The maximum absolute atomic E-state index is 10.4. The molecule has 0 unspecified atom stereocenters. The predicted molar refractivity (Wildman–Crippen MR) is 57.8 cm³/mol. The molecule has 0 amide bonds. The van der Waals surface area contributed by atoms with E-state index in [1.807, 2.05) is 31.3 Å². The van der Waals surface area contributed by atoms with E-state index < -0.39 is 5.97 Å². The maximum Gasteiger partial charge on any atom is 0.307 e. The Morgan fingerprint density at radius 2 is 1.79 bits per heavy atom. The maximum atomic E-state index is 10.4. The highest BCUT2D eigenvalue weighted by Crippen LogP contribution is 2.04. The first-order valence-corrected chi connectivity index (χ1v) is 4.16. The summed E-state index contributed by atoms with van der Waals surface area (Å²) >= 11 is 0. The largest absolute Gasteiger partial charge is 0.481 e.